The lowest BCUT2D eigenvalue weighted by Gasteiger charge is -2.20. The number of alkyl halides is 3. The van der Waals surface area contributed by atoms with Crippen molar-refractivity contribution in [1.82, 2.24) is 0 Å². The van der Waals surface area contributed by atoms with Crippen molar-refractivity contribution < 1.29 is 32.2 Å². The van der Waals surface area contributed by atoms with Gasteiger partial charge in [-0.25, -0.2) is 0 Å². The summed E-state index contributed by atoms with van der Waals surface area (Å²) in [6, 6.07) is 16.8. The van der Waals surface area contributed by atoms with Crippen molar-refractivity contribution in [2.24, 2.45) is 0 Å². The van der Waals surface area contributed by atoms with Crippen molar-refractivity contribution in [3.8, 4) is 11.5 Å². The minimum absolute atomic E-state index is 0.0605. The molecule has 198 valence electrons. The van der Waals surface area contributed by atoms with E-state index in [-0.39, 0.29) is 42.7 Å². The highest BCUT2D eigenvalue weighted by Gasteiger charge is 2.36. The summed E-state index contributed by atoms with van der Waals surface area (Å²) >= 11 is 0. The quantitative estimate of drug-likeness (QED) is 0.421. The van der Waals surface area contributed by atoms with Gasteiger partial charge in [-0.2, -0.15) is 13.2 Å². The van der Waals surface area contributed by atoms with Crippen LogP contribution < -0.4 is 19.7 Å². The number of carbonyl (C=O) groups excluding carboxylic acids is 1. The Morgan fingerprint density at radius 2 is 1.87 bits per heavy atom. The summed E-state index contributed by atoms with van der Waals surface area (Å²) in [5, 5.41) is 3.33. The van der Waals surface area contributed by atoms with Gasteiger partial charge in [-0.05, 0) is 48.2 Å². The fraction of sp³-hybridized carbons (Fsp3) is 0.345. The molecule has 3 aliphatic heterocycles. The highest BCUT2D eigenvalue weighted by atomic mass is 19.4. The molecule has 3 aromatic carbocycles. The number of para-hydroxylation sites is 1. The summed E-state index contributed by atoms with van der Waals surface area (Å²) in [5.41, 5.74) is 2.26. The molecule has 3 aromatic rings. The Hall–Kier alpha value is -3.72. The molecule has 2 atom stereocenters. The number of rotatable bonds is 7. The second-order valence-electron chi connectivity index (χ2n) is 9.82. The Morgan fingerprint density at radius 3 is 2.66 bits per heavy atom. The molecule has 0 spiro atoms. The number of carbonyl (C=O) groups is 1. The molecular weight excluding hydrogens is 497 g/mol. The van der Waals surface area contributed by atoms with Gasteiger partial charge in [-0.15, -0.1) is 0 Å². The second kappa shape index (κ2) is 9.87. The van der Waals surface area contributed by atoms with Crippen LogP contribution in [0.3, 0.4) is 0 Å². The maximum Gasteiger partial charge on any atom is 0.416 e. The topological polar surface area (TPSA) is 60.0 Å². The maximum absolute atomic E-state index is 13.7. The van der Waals surface area contributed by atoms with Crippen molar-refractivity contribution >= 4 is 17.3 Å². The molecule has 6 nitrogen and oxygen atoms in total. The summed E-state index contributed by atoms with van der Waals surface area (Å²) in [4.78, 5) is 14.9. The van der Waals surface area contributed by atoms with Crippen molar-refractivity contribution in [2.75, 3.05) is 30.0 Å². The first-order chi connectivity index (χ1) is 18.3. The number of nitrogens with zero attached hydrogens (tertiary/aromatic N) is 1. The number of ether oxygens (including phenoxy) is 3. The minimum atomic E-state index is -4.58. The SMILES string of the molecule is O=C1c2c(cccc2NCC2Cc3ccccc3O2)CN1c1cc(OCC2CCCO2)cc(C(F)(F)F)c1. The highest BCUT2D eigenvalue weighted by molar-refractivity contribution is 6.13. The summed E-state index contributed by atoms with van der Waals surface area (Å²) in [6.07, 6.45) is -2.34. The van der Waals surface area contributed by atoms with Crippen LogP contribution in [0.5, 0.6) is 11.5 Å². The van der Waals surface area contributed by atoms with Crippen LogP contribution >= 0.6 is 0 Å². The molecule has 1 saturated heterocycles. The molecule has 3 heterocycles. The number of anilines is 2. The molecule has 9 heteroatoms. The molecule has 3 aliphatic rings. The molecule has 6 rings (SSSR count). The van der Waals surface area contributed by atoms with E-state index < -0.39 is 11.7 Å². The van der Waals surface area contributed by atoms with Crippen LogP contribution in [-0.2, 0) is 23.9 Å². The molecule has 2 unspecified atom stereocenters. The lowest BCUT2D eigenvalue weighted by Crippen LogP contribution is -2.26. The van der Waals surface area contributed by atoms with Gasteiger partial charge in [0.25, 0.3) is 5.91 Å². The van der Waals surface area contributed by atoms with Crippen LogP contribution in [0.1, 0.15) is 39.9 Å². The van der Waals surface area contributed by atoms with E-state index in [1.54, 1.807) is 0 Å². The maximum atomic E-state index is 13.7. The first kappa shape index (κ1) is 24.6. The Kier molecular flexibility index (Phi) is 6.39. The van der Waals surface area contributed by atoms with Crippen molar-refractivity contribution in [3.05, 3.63) is 82.9 Å². The molecule has 1 fully saturated rings. The smallest absolute Gasteiger partial charge is 0.416 e. The lowest BCUT2D eigenvalue weighted by molar-refractivity contribution is -0.137. The van der Waals surface area contributed by atoms with E-state index in [1.807, 2.05) is 42.5 Å². The van der Waals surface area contributed by atoms with E-state index in [4.69, 9.17) is 14.2 Å². The van der Waals surface area contributed by atoms with Gasteiger partial charge in [0.1, 0.15) is 24.2 Å². The summed E-state index contributed by atoms with van der Waals surface area (Å²) in [6.45, 7) is 1.44. The van der Waals surface area contributed by atoms with Gasteiger partial charge in [-0.1, -0.05) is 30.3 Å². The van der Waals surface area contributed by atoms with Gasteiger partial charge < -0.3 is 24.4 Å². The molecule has 0 aliphatic carbocycles. The third-order valence-corrected chi connectivity index (χ3v) is 7.16. The van der Waals surface area contributed by atoms with Gasteiger partial charge in [0.15, 0.2) is 0 Å². The molecule has 1 amide bonds. The van der Waals surface area contributed by atoms with Crippen molar-refractivity contribution in [2.45, 2.75) is 44.2 Å². The van der Waals surface area contributed by atoms with Crippen molar-refractivity contribution in [3.63, 3.8) is 0 Å². The van der Waals surface area contributed by atoms with Crippen LogP contribution in [0.4, 0.5) is 24.5 Å². The van der Waals surface area contributed by atoms with Crippen LogP contribution in [0.15, 0.2) is 60.7 Å². The molecule has 0 saturated carbocycles. The first-order valence-corrected chi connectivity index (χ1v) is 12.7. The Balaban J connectivity index is 1.21. The van der Waals surface area contributed by atoms with E-state index in [2.05, 4.69) is 5.32 Å². The number of amides is 1. The number of halogens is 3. The van der Waals surface area contributed by atoms with Gasteiger partial charge in [0.2, 0.25) is 0 Å². The largest absolute Gasteiger partial charge is 0.491 e. The molecular formula is C29H27F3N2O4. The number of fused-ring (bicyclic) bond motifs is 2. The van der Waals surface area contributed by atoms with Gasteiger partial charge in [-0.3, -0.25) is 4.79 Å². The van der Waals surface area contributed by atoms with Crippen LogP contribution in [0, 0.1) is 0 Å². The zero-order valence-electron chi connectivity index (χ0n) is 20.6. The van der Waals surface area contributed by atoms with E-state index in [1.165, 1.54) is 11.0 Å². The standard InChI is InChI=1S/C29H27F3N2O4/c30-29(31,32)20-12-21(14-23(13-20)37-17-22-7-4-10-36-22)34-16-19-6-3-8-25(27(19)28(34)35)33-15-24-11-18-5-1-2-9-26(18)38-24/h1-3,5-6,8-9,12-14,22,24,33H,4,7,10-11,15-17H2. The monoisotopic (exact) mass is 524 g/mol. The number of benzene rings is 3. The van der Waals surface area contributed by atoms with E-state index >= 15 is 0 Å². The van der Waals surface area contributed by atoms with E-state index in [9.17, 15) is 18.0 Å². The van der Waals surface area contributed by atoms with Crippen molar-refractivity contribution in [1.29, 1.82) is 0 Å². The molecule has 0 bridgehead atoms. The molecule has 0 radical (unpaired) electrons. The van der Waals surface area contributed by atoms with E-state index in [0.717, 1.165) is 48.3 Å². The average Bonchev–Trinajstić information content (AvgIpc) is 3.64. The normalized spacial score (nSPS) is 20.3. The van der Waals surface area contributed by atoms with Crippen LogP contribution in [0.25, 0.3) is 0 Å². The zero-order valence-corrected chi connectivity index (χ0v) is 20.6. The highest BCUT2D eigenvalue weighted by Crippen LogP contribution is 2.39. The number of hydrogen-bond acceptors (Lipinski definition) is 5. The number of hydrogen-bond donors (Lipinski definition) is 1. The fourth-order valence-corrected chi connectivity index (χ4v) is 5.26. The van der Waals surface area contributed by atoms with Crippen LogP contribution in [-0.4, -0.2) is 37.9 Å². The lowest BCUT2D eigenvalue weighted by atomic mass is 10.1. The molecule has 0 aromatic heterocycles. The Morgan fingerprint density at radius 1 is 1.03 bits per heavy atom. The number of nitrogens with one attached hydrogen (secondary N) is 1. The minimum Gasteiger partial charge on any atom is -0.491 e. The Bertz CT molecular complexity index is 1330. The summed E-state index contributed by atoms with van der Waals surface area (Å²) in [7, 11) is 0. The average molecular weight is 525 g/mol. The third-order valence-electron chi connectivity index (χ3n) is 7.16. The fourth-order valence-electron chi connectivity index (χ4n) is 5.26. The predicted octanol–water partition coefficient (Wildman–Crippen LogP) is 5.84. The van der Waals surface area contributed by atoms with Gasteiger partial charge in [0.05, 0.1) is 30.3 Å². The van der Waals surface area contributed by atoms with E-state index in [0.29, 0.717) is 24.4 Å². The summed E-state index contributed by atoms with van der Waals surface area (Å²) in [5.74, 6) is 0.565. The van der Waals surface area contributed by atoms with Gasteiger partial charge in [0, 0.05) is 30.5 Å². The third kappa shape index (κ3) is 4.90. The predicted molar refractivity (Wildman–Crippen MR) is 136 cm³/mol. The van der Waals surface area contributed by atoms with Gasteiger partial charge >= 0.3 is 6.18 Å². The Labute approximate surface area is 218 Å². The zero-order chi connectivity index (χ0) is 26.3. The summed E-state index contributed by atoms with van der Waals surface area (Å²) < 4.78 is 58.4. The first-order valence-electron chi connectivity index (χ1n) is 12.7. The molecule has 38 heavy (non-hydrogen) atoms. The second-order valence-corrected chi connectivity index (χ2v) is 9.82. The molecule has 1 N–H and O–H groups in total. The van der Waals surface area contributed by atoms with Crippen LogP contribution in [0.2, 0.25) is 0 Å².